The molecule has 9 heteroatoms. The third-order valence-electron chi connectivity index (χ3n) is 4.49. The summed E-state index contributed by atoms with van der Waals surface area (Å²) in [6.07, 6.45) is 0. The van der Waals surface area contributed by atoms with Crippen LogP contribution in [0, 0.1) is 0 Å². The number of methoxy groups -OCH3 is 1. The van der Waals surface area contributed by atoms with Crippen molar-refractivity contribution in [2.24, 2.45) is 0 Å². The first-order chi connectivity index (χ1) is 15.6. The molecule has 5 nitrogen and oxygen atoms in total. The van der Waals surface area contributed by atoms with Crippen LogP contribution in [0.4, 0.5) is 0 Å². The Morgan fingerprint density at radius 3 is 2.06 bits per heavy atom. The van der Waals surface area contributed by atoms with Crippen molar-refractivity contribution in [3.05, 3.63) is 92.9 Å². The molecule has 0 saturated heterocycles. The third kappa shape index (κ3) is 7.88. The Bertz CT molecular complexity index is 1110. The Kier molecular flexibility index (Phi) is 10.5. The minimum Gasteiger partial charge on any atom is -0.508 e. The fraction of sp³-hybridized carbons (Fsp3) is 0.167. The zero-order chi connectivity index (χ0) is 24.6. The standard InChI is InChI=1S/C15H13BrO3S.C9H8Br2O2/c1-15(14(18)19,10-3-2-4-11(16)9-10)20-13-7-5-12(17)6-8-13;1-13-9(12)8(11)6-3-2-4-7(10)5-6/h2-9,17H,1H3,(H,18,19);2-5,8H,1H3. The second kappa shape index (κ2) is 12.6. The van der Waals surface area contributed by atoms with Crippen LogP contribution in [0.2, 0.25) is 0 Å². The van der Waals surface area contributed by atoms with E-state index < -0.39 is 15.5 Å². The number of carbonyl (C=O) groups excluding carboxylic acids is 1. The second-order valence-electron chi connectivity index (χ2n) is 6.89. The number of hydrogen-bond acceptors (Lipinski definition) is 5. The van der Waals surface area contributed by atoms with E-state index in [0.717, 1.165) is 19.4 Å². The maximum absolute atomic E-state index is 11.7. The molecule has 2 atom stereocenters. The number of phenolic OH excluding ortho intramolecular Hbond substituents is 1. The number of aliphatic carboxylic acids is 1. The second-order valence-corrected chi connectivity index (χ2v) is 11.1. The zero-order valence-electron chi connectivity index (χ0n) is 17.7. The minimum absolute atomic E-state index is 0.161. The van der Waals surface area contributed by atoms with Gasteiger partial charge < -0.3 is 14.9 Å². The SMILES string of the molecule is CC(Sc1ccc(O)cc1)(C(=O)O)c1cccc(Br)c1.COC(=O)C(Br)c1cccc(Br)c1. The molecular weight excluding hydrogens is 640 g/mol. The van der Waals surface area contributed by atoms with Crippen molar-refractivity contribution in [1.82, 2.24) is 0 Å². The molecule has 0 aliphatic heterocycles. The first-order valence-corrected chi connectivity index (χ1v) is 12.8. The van der Waals surface area contributed by atoms with E-state index in [1.54, 1.807) is 37.3 Å². The summed E-state index contributed by atoms with van der Waals surface area (Å²) in [4.78, 5) is 23.2. The number of hydrogen-bond donors (Lipinski definition) is 2. The molecule has 0 heterocycles. The monoisotopic (exact) mass is 658 g/mol. The van der Waals surface area contributed by atoms with Gasteiger partial charge in [0.25, 0.3) is 0 Å². The fourth-order valence-electron chi connectivity index (χ4n) is 2.66. The largest absolute Gasteiger partial charge is 0.508 e. The van der Waals surface area contributed by atoms with Crippen LogP contribution < -0.4 is 0 Å². The molecule has 33 heavy (non-hydrogen) atoms. The number of halogens is 3. The molecule has 2 unspecified atom stereocenters. The average Bonchev–Trinajstić information content (AvgIpc) is 2.79. The van der Waals surface area contributed by atoms with Gasteiger partial charge in [0.15, 0.2) is 0 Å². The zero-order valence-corrected chi connectivity index (χ0v) is 23.2. The Morgan fingerprint density at radius 2 is 1.55 bits per heavy atom. The molecule has 0 aliphatic carbocycles. The number of rotatable bonds is 6. The van der Waals surface area contributed by atoms with Crippen LogP contribution in [0.1, 0.15) is 22.9 Å². The van der Waals surface area contributed by atoms with Crippen molar-refractivity contribution >= 4 is 71.5 Å². The van der Waals surface area contributed by atoms with E-state index in [2.05, 4.69) is 52.5 Å². The highest BCUT2D eigenvalue weighted by molar-refractivity contribution is 9.11. The van der Waals surface area contributed by atoms with E-state index in [0.29, 0.717) is 5.56 Å². The molecule has 0 aromatic heterocycles. The van der Waals surface area contributed by atoms with E-state index in [1.165, 1.54) is 18.9 Å². The van der Waals surface area contributed by atoms with Crippen LogP contribution >= 0.6 is 59.6 Å². The Hall–Kier alpha value is -1.81. The normalized spacial score (nSPS) is 13.1. The molecule has 0 amide bonds. The van der Waals surface area contributed by atoms with Crippen molar-refractivity contribution in [2.75, 3.05) is 7.11 Å². The first kappa shape index (κ1) is 27.4. The third-order valence-corrected chi connectivity index (χ3v) is 7.71. The van der Waals surface area contributed by atoms with E-state index in [1.807, 2.05) is 42.5 Å². The summed E-state index contributed by atoms with van der Waals surface area (Å²) in [5.74, 6) is -1.04. The molecular formula is C24H21Br3O5S. The maximum Gasteiger partial charge on any atom is 0.324 e. The Morgan fingerprint density at radius 1 is 0.970 bits per heavy atom. The van der Waals surface area contributed by atoms with Crippen LogP contribution in [-0.4, -0.2) is 29.3 Å². The van der Waals surface area contributed by atoms with E-state index in [-0.39, 0.29) is 11.7 Å². The fourth-order valence-corrected chi connectivity index (χ4v) is 5.03. The maximum atomic E-state index is 11.7. The number of esters is 1. The molecule has 0 spiro atoms. The molecule has 0 aliphatic rings. The predicted octanol–water partition coefficient (Wildman–Crippen LogP) is 7.30. The number of carbonyl (C=O) groups is 2. The smallest absolute Gasteiger partial charge is 0.324 e. The Balaban J connectivity index is 0.000000257. The van der Waals surface area contributed by atoms with Gasteiger partial charge in [0.05, 0.1) is 7.11 Å². The van der Waals surface area contributed by atoms with Gasteiger partial charge in [-0.25, -0.2) is 0 Å². The average molecular weight is 661 g/mol. The quantitative estimate of drug-likeness (QED) is 0.164. The summed E-state index contributed by atoms with van der Waals surface area (Å²) in [5.41, 5.74) is 1.58. The van der Waals surface area contributed by atoms with E-state index >= 15 is 0 Å². The van der Waals surface area contributed by atoms with Crippen LogP contribution in [0.5, 0.6) is 5.75 Å². The number of thioether (sulfide) groups is 1. The molecule has 3 aromatic carbocycles. The topological polar surface area (TPSA) is 83.8 Å². The number of alkyl halides is 1. The highest BCUT2D eigenvalue weighted by atomic mass is 79.9. The summed E-state index contributed by atoms with van der Waals surface area (Å²) >= 11 is 11.2. The highest BCUT2D eigenvalue weighted by Crippen LogP contribution is 2.42. The van der Waals surface area contributed by atoms with Crippen molar-refractivity contribution in [3.63, 3.8) is 0 Å². The van der Waals surface area contributed by atoms with Crippen LogP contribution in [0.25, 0.3) is 0 Å². The van der Waals surface area contributed by atoms with Crippen molar-refractivity contribution in [3.8, 4) is 5.75 Å². The van der Waals surface area contributed by atoms with Gasteiger partial charge in [0, 0.05) is 13.8 Å². The van der Waals surface area contributed by atoms with E-state index in [4.69, 9.17) is 0 Å². The van der Waals surface area contributed by atoms with Gasteiger partial charge >= 0.3 is 11.9 Å². The van der Waals surface area contributed by atoms with Crippen LogP contribution in [0.15, 0.2) is 86.6 Å². The van der Waals surface area contributed by atoms with Gasteiger partial charge in [0.2, 0.25) is 0 Å². The van der Waals surface area contributed by atoms with Gasteiger partial charge in [-0.05, 0) is 66.6 Å². The summed E-state index contributed by atoms with van der Waals surface area (Å²) in [6.45, 7) is 1.68. The van der Waals surface area contributed by atoms with Gasteiger partial charge in [0.1, 0.15) is 15.3 Å². The summed E-state index contributed by atoms with van der Waals surface area (Å²) < 4.78 is 5.29. The number of ether oxygens (including phenoxy) is 1. The summed E-state index contributed by atoms with van der Waals surface area (Å²) in [7, 11) is 1.37. The molecule has 0 saturated carbocycles. The molecule has 0 fully saturated rings. The molecule has 0 radical (unpaired) electrons. The first-order valence-electron chi connectivity index (χ1n) is 9.51. The minimum atomic E-state index is -1.10. The van der Waals surface area contributed by atoms with E-state index in [9.17, 15) is 19.8 Å². The number of phenols is 1. The molecule has 3 aromatic rings. The van der Waals surface area contributed by atoms with Gasteiger partial charge in [-0.1, -0.05) is 72.1 Å². The lowest BCUT2D eigenvalue weighted by Gasteiger charge is -2.25. The molecule has 2 N–H and O–H groups in total. The van der Waals surface area contributed by atoms with Gasteiger partial charge in [-0.3, -0.25) is 9.59 Å². The lowest BCUT2D eigenvalue weighted by molar-refractivity contribution is -0.140. The summed E-state index contributed by atoms with van der Waals surface area (Å²) in [5, 5.41) is 18.9. The number of benzene rings is 3. The highest BCUT2D eigenvalue weighted by Gasteiger charge is 2.36. The lowest BCUT2D eigenvalue weighted by atomic mass is 10.0. The molecule has 3 rings (SSSR count). The number of carboxylic acid groups (broad SMARTS) is 1. The van der Waals surface area contributed by atoms with Gasteiger partial charge in [-0.15, -0.1) is 11.8 Å². The van der Waals surface area contributed by atoms with Crippen molar-refractivity contribution < 1.29 is 24.5 Å². The Labute approximate surface area is 221 Å². The predicted molar refractivity (Wildman–Crippen MR) is 141 cm³/mol. The number of carboxylic acids is 1. The van der Waals surface area contributed by atoms with Crippen molar-refractivity contribution in [2.45, 2.75) is 21.4 Å². The summed E-state index contributed by atoms with van der Waals surface area (Å²) in [6, 6.07) is 21.3. The number of aromatic hydroxyl groups is 1. The molecule has 174 valence electrons. The van der Waals surface area contributed by atoms with Crippen molar-refractivity contribution in [1.29, 1.82) is 0 Å². The molecule has 0 bridgehead atoms. The van der Waals surface area contributed by atoms with Crippen LogP contribution in [0.3, 0.4) is 0 Å². The lowest BCUT2D eigenvalue weighted by Crippen LogP contribution is -2.28. The van der Waals surface area contributed by atoms with Gasteiger partial charge in [-0.2, -0.15) is 0 Å². The van der Waals surface area contributed by atoms with Crippen LogP contribution in [-0.2, 0) is 19.1 Å².